The van der Waals surface area contributed by atoms with Crippen LogP contribution in [0.4, 0.5) is 21.6 Å². The molecule has 148 valence electrons. The van der Waals surface area contributed by atoms with Gasteiger partial charge < -0.3 is 20.2 Å². The Labute approximate surface area is 175 Å². The molecule has 4 rings (SSSR count). The number of nitrogens with one attached hydrogen (secondary N) is 3. The molecule has 0 radical (unpaired) electrons. The molecule has 3 N–H and O–H groups in total. The van der Waals surface area contributed by atoms with Crippen LogP contribution in [-0.4, -0.2) is 29.0 Å². The van der Waals surface area contributed by atoms with Gasteiger partial charge in [-0.3, -0.25) is 4.79 Å². The summed E-state index contributed by atoms with van der Waals surface area (Å²) in [5, 5.41) is 4.83. The molecule has 9 heteroatoms. The highest BCUT2D eigenvalue weighted by molar-refractivity contribution is 6.36. The Morgan fingerprint density at radius 1 is 1.10 bits per heavy atom. The van der Waals surface area contributed by atoms with Crippen molar-refractivity contribution in [3.8, 4) is 11.1 Å². The van der Waals surface area contributed by atoms with Gasteiger partial charge in [-0.05, 0) is 30.3 Å². The smallest absolute Gasteiger partial charge is 0.257 e. The SMILES string of the molecule is CN(C)c1[nH]c(=O)c(-c2cc(Cl)ccc2F)cc1Nc1ccnc2[nH]cc(Cl)c12. The number of nitrogens with zero attached hydrogens (tertiary/aromatic N) is 2. The molecule has 3 heterocycles. The first kappa shape index (κ1) is 19.3. The molecule has 4 aromatic rings. The first-order valence-corrected chi connectivity index (χ1v) is 9.39. The van der Waals surface area contributed by atoms with Crippen LogP contribution in [0.25, 0.3) is 22.2 Å². The molecule has 0 saturated carbocycles. The van der Waals surface area contributed by atoms with Gasteiger partial charge in [-0.25, -0.2) is 9.37 Å². The highest BCUT2D eigenvalue weighted by atomic mass is 35.5. The summed E-state index contributed by atoms with van der Waals surface area (Å²) in [7, 11) is 3.59. The highest BCUT2D eigenvalue weighted by Crippen LogP contribution is 2.35. The molecule has 0 aliphatic rings. The maximum Gasteiger partial charge on any atom is 0.257 e. The minimum Gasteiger partial charge on any atom is -0.362 e. The molecule has 3 aromatic heterocycles. The summed E-state index contributed by atoms with van der Waals surface area (Å²) >= 11 is 12.3. The quantitative estimate of drug-likeness (QED) is 0.416. The number of pyridine rings is 2. The highest BCUT2D eigenvalue weighted by Gasteiger charge is 2.17. The Bertz CT molecular complexity index is 1280. The summed E-state index contributed by atoms with van der Waals surface area (Å²) in [5.74, 6) is -0.0127. The van der Waals surface area contributed by atoms with E-state index in [0.29, 0.717) is 38.3 Å². The second-order valence-corrected chi connectivity index (χ2v) is 7.48. The van der Waals surface area contributed by atoms with Crippen molar-refractivity contribution in [2.24, 2.45) is 0 Å². The maximum atomic E-state index is 14.4. The number of aromatic amines is 2. The summed E-state index contributed by atoms with van der Waals surface area (Å²) < 4.78 is 14.4. The van der Waals surface area contributed by atoms with E-state index in [2.05, 4.69) is 20.3 Å². The average molecular weight is 432 g/mol. The Hall–Kier alpha value is -3.03. The molecule has 6 nitrogen and oxygen atoms in total. The number of benzene rings is 1. The fourth-order valence-electron chi connectivity index (χ4n) is 3.14. The third kappa shape index (κ3) is 3.54. The minimum atomic E-state index is -0.538. The molecule has 0 aliphatic carbocycles. The lowest BCUT2D eigenvalue weighted by Crippen LogP contribution is -2.20. The number of halogens is 3. The molecule has 0 bridgehead atoms. The number of hydrogen-bond acceptors (Lipinski definition) is 4. The van der Waals surface area contributed by atoms with Gasteiger partial charge in [-0.2, -0.15) is 0 Å². The normalized spacial score (nSPS) is 11.1. The number of rotatable bonds is 4. The van der Waals surface area contributed by atoms with E-state index in [4.69, 9.17) is 23.2 Å². The third-order valence-electron chi connectivity index (χ3n) is 4.48. The van der Waals surface area contributed by atoms with Gasteiger partial charge in [0.25, 0.3) is 5.56 Å². The van der Waals surface area contributed by atoms with E-state index in [9.17, 15) is 9.18 Å². The standard InChI is InChI=1S/C20H16Cl2FN5O/c1-28(2)19-16(26-15-5-6-24-18-17(15)13(22)9-25-18)8-12(20(29)27-19)11-7-10(21)3-4-14(11)23/h3-9H,1-2H3,(H,27,29)(H2,24,25,26). The van der Waals surface area contributed by atoms with E-state index in [1.165, 1.54) is 18.2 Å². The van der Waals surface area contributed by atoms with Gasteiger partial charge in [0.15, 0.2) is 0 Å². The topological polar surface area (TPSA) is 76.8 Å². The molecule has 0 atom stereocenters. The second kappa shape index (κ2) is 7.42. The largest absolute Gasteiger partial charge is 0.362 e. The van der Waals surface area contributed by atoms with Gasteiger partial charge in [0.05, 0.1) is 27.3 Å². The second-order valence-electron chi connectivity index (χ2n) is 6.64. The molecule has 0 aliphatic heterocycles. The summed E-state index contributed by atoms with van der Waals surface area (Å²) in [6.07, 6.45) is 3.28. The van der Waals surface area contributed by atoms with Crippen molar-refractivity contribution in [3.63, 3.8) is 0 Å². The summed E-state index contributed by atoms with van der Waals surface area (Å²) in [6, 6.07) is 7.45. The van der Waals surface area contributed by atoms with Crippen LogP contribution in [0.2, 0.25) is 10.0 Å². The monoisotopic (exact) mass is 431 g/mol. The molecular weight excluding hydrogens is 416 g/mol. The zero-order chi connectivity index (χ0) is 20.7. The van der Waals surface area contributed by atoms with Crippen LogP contribution < -0.4 is 15.8 Å². The van der Waals surface area contributed by atoms with E-state index >= 15 is 0 Å². The van der Waals surface area contributed by atoms with Crippen LogP contribution in [0.15, 0.2) is 47.5 Å². The van der Waals surface area contributed by atoms with Crippen molar-refractivity contribution in [2.45, 2.75) is 0 Å². The first-order chi connectivity index (χ1) is 13.8. The lowest BCUT2D eigenvalue weighted by atomic mass is 10.1. The summed E-state index contributed by atoms with van der Waals surface area (Å²) in [4.78, 5) is 24.5. The number of hydrogen-bond donors (Lipinski definition) is 3. The van der Waals surface area contributed by atoms with Gasteiger partial charge in [0.2, 0.25) is 0 Å². The van der Waals surface area contributed by atoms with Crippen LogP contribution in [0, 0.1) is 5.82 Å². The van der Waals surface area contributed by atoms with Crippen molar-refractivity contribution >= 4 is 51.4 Å². The Morgan fingerprint density at radius 2 is 1.90 bits per heavy atom. The van der Waals surface area contributed by atoms with Gasteiger partial charge in [-0.1, -0.05) is 23.2 Å². The van der Waals surface area contributed by atoms with Crippen molar-refractivity contribution < 1.29 is 4.39 Å². The molecule has 0 saturated heterocycles. The predicted octanol–water partition coefficient (Wildman–Crippen LogP) is 5.17. The van der Waals surface area contributed by atoms with Crippen LogP contribution in [0.5, 0.6) is 0 Å². The molecule has 0 fully saturated rings. The van der Waals surface area contributed by atoms with Gasteiger partial charge in [-0.15, -0.1) is 0 Å². The first-order valence-electron chi connectivity index (χ1n) is 8.64. The zero-order valence-corrected chi connectivity index (χ0v) is 17.0. The van der Waals surface area contributed by atoms with Crippen LogP contribution in [-0.2, 0) is 0 Å². The lowest BCUT2D eigenvalue weighted by molar-refractivity contribution is 0.631. The van der Waals surface area contributed by atoms with E-state index < -0.39 is 11.4 Å². The number of H-pyrrole nitrogens is 2. The van der Waals surface area contributed by atoms with Crippen molar-refractivity contribution in [2.75, 3.05) is 24.3 Å². The zero-order valence-electron chi connectivity index (χ0n) is 15.5. The van der Waals surface area contributed by atoms with Gasteiger partial charge in [0.1, 0.15) is 17.3 Å². The molecular formula is C20H16Cl2FN5O. The summed E-state index contributed by atoms with van der Waals surface area (Å²) in [5.41, 5.74) is 1.72. The lowest BCUT2D eigenvalue weighted by Gasteiger charge is -2.19. The predicted molar refractivity (Wildman–Crippen MR) is 116 cm³/mol. The van der Waals surface area contributed by atoms with Crippen molar-refractivity contribution in [1.82, 2.24) is 15.0 Å². The Kier molecular flexibility index (Phi) is 4.94. The molecule has 1 aromatic carbocycles. The van der Waals surface area contributed by atoms with Gasteiger partial charge in [0, 0.05) is 37.1 Å². The molecule has 29 heavy (non-hydrogen) atoms. The minimum absolute atomic E-state index is 0.117. The fourth-order valence-corrected chi connectivity index (χ4v) is 3.56. The van der Waals surface area contributed by atoms with Crippen molar-refractivity contribution in [3.05, 3.63) is 68.9 Å². The average Bonchev–Trinajstić information content (AvgIpc) is 3.07. The van der Waals surface area contributed by atoms with E-state index in [0.717, 1.165) is 0 Å². The van der Waals surface area contributed by atoms with Crippen molar-refractivity contribution in [1.29, 1.82) is 0 Å². The number of aromatic nitrogens is 3. The van der Waals surface area contributed by atoms with Crippen LogP contribution in [0.3, 0.4) is 0 Å². The Morgan fingerprint density at radius 3 is 2.66 bits per heavy atom. The van der Waals surface area contributed by atoms with E-state index in [1.807, 2.05) is 0 Å². The fraction of sp³-hybridized carbons (Fsp3) is 0.100. The molecule has 0 unspecified atom stereocenters. The maximum absolute atomic E-state index is 14.4. The van der Waals surface area contributed by atoms with Crippen LogP contribution >= 0.6 is 23.2 Å². The Balaban J connectivity index is 1.91. The third-order valence-corrected chi connectivity index (χ3v) is 5.01. The van der Waals surface area contributed by atoms with Gasteiger partial charge >= 0.3 is 0 Å². The van der Waals surface area contributed by atoms with E-state index in [-0.39, 0.29) is 11.1 Å². The number of anilines is 3. The number of fused-ring (bicyclic) bond motifs is 1. The molecule has 0 amide bonds. The molecule has 0 spiro atoms. The van der Waals surface area contributed by atoms with E-state index in [1.54, 1.807) is 43.5 Å². The summed E-state index contributed by atoms with van der Waals surface area (Å²) in [6.45, 7) is 0. The van der Waals surface area contributed by atoms with Crippen LogP contribution in [0.1, 0.15) is 0 Å².